The monoisotopic (exact) mass is 351 g/mol. The van der Waals surface area contributed by atoms with Crippen molar-refractivity contribution in [3.05, 3.63) is 29.3 Å². The minimum atomic E-state index is 0.129. The molecule has 2 heterocycles. The molecule has 1 aromatic carbocycles. The lowest BCUT2D eigenvalue weighted by atomic mass is 9.99. The van der Waals surface area contributed by atoms with Gasteiger partial charge in [0.05, 0.1) is 5.75 Å². The Morgan fingerprint density at radius 3 is 2.91 bits per heavy atom. The first-order valence-electron chi connectivity index (χ1n) is 7.62. The lowest BCUT2D eigenvalue weighted by Crippen LogP contribution is -2.38. The molecule has 2 aromatic rings. The normalized spacial score (nSPS) is 15.8. The van der Waals surface area contributed by atoms with Gasteiger partial charge in [0.2, 0.25) is 11.8 Å². The van der Waals surface area contributed by atoms with Gasteiger partial charge in [0.25, 0.3) is 5.22 Å². The van der Waals surface area contributed by atoms with Gasteiger partial charge in [-0.15, -0.1) is 10.2 Å². The first kappa shape index (κ1) is 16.3. The van der Waals surface area contributed by atoms with Crippen molar-refractivity contribution in [2.24, 2.45) is 5.92 Å². The zero-order chi connectivity index (χ0) is 16.2. The fraction of sp³-hybridized carbons (Fsp3) is 0.438. The molecule has 1 aliphatic heterocycles. The Hall–Kier alpha value is -1.53. The fourth-order valence-corrected chi connectivity index (χ4v) is 3.34. The van der Waals surface area contributed by atoms with E-state index in [-0.39, 0.29) is 5.91 Å². The Kier molecular flexibility index (Phi) is 5.23. The van der Waals surface area contributed by atoms with Crippen LogP contribution in [0, 0.1) is 5.92 Å². The van der Waals surface area contributed by atoms with Crippen LogP contribution in [0.1, 0.15) is 19.8 Å². The van der Waals surface area contributed by atoms with Crippen LogP contribution >= 0.6 is 23.4 Å². The summed E-state index contributed by atoms with van der Waals surface area (Å²) in [7, 11) is 0. The average Bonchev–Trinajstić information content (AvgIpc) is 3.02. The predicted molar refractivity (Wildman–Crippen MR) is 90.4 cm³/mol. The molecule has 1 fully saturated rings. The van der Waals surface area contributed by atoms with Crippen molar-refractivity contribution in [2.75, 3.05) is 18.8 Å². The number of hydrogen-bond acceptors (Lipinski definition) is 5. The second-order valence-electron chi connectivity index (χ2n) is 5.74. The molecule has 0 unspecified atom stereocenters. The first-order chi connectivity index (χ1) is 11.1. The van der Waals surface area contributed by atoms with Gasteiger partial charge in [0.15, 0.2) is 0 Å². The summed E-state index contributed by atoms with van der Waals surface area (Å²) in [6.07, 6.45) is 2.16. The van der Waals surface area contributed by atoms with Gasteiger partial charge in [-0.1, -0.05) is 36.4 Å². The molecule has 0 N–H and O–H groups in total. The largest absolute Gasteiger partial charge is 0.411 e. The quantitative estimate of drug-likeness (QED) is 0.785. The number of hydrogen-bond donors (Lipinski definition) is 0. The third kappa shape index (κ3) is 4.26. The van der Waals surface area contributed by atoms with Gasteiger partial charge in [0.1, 0.15) is 0 Å². The van der Waals surface area contributed by atoms with Gasteiger partial charge in [-0.3, -0.25) is 4.79 Å². The number of amides is 1. The van der Waals surface area contributed by atoms with Crippen molar-refractivity contribution < 1.29 is 9.21 Å². The van der Waals surface area contributed by atoms with Crippen LogP contribution in [-0.2, 0) is 4.79 Å². The molecular formula is C16H18ClN3O2S. The van der Waals surface area contributed by atoms with E-state index < -0.39 is 0 Å². The second kappa shape index (κ2) is 7.36. The van der Waals surface area contributed by atoms with E-state index in [0.717, 1.165) is 31.5 Å². The van der Waals surface area contributed by atoms with E-state index in [9.17, 15) is 4.79 Å². The summed E-state index contributed by atoms with van der Waals surface area (Å²) in [4.78, 5) is 14.1. The Bertz CT molecular complexity index is 683. The summed E-state index contributed by atoms with van der Waals surface area (Å²) in [5, 5.41) is 9.01. The van der Waals surface area contributed by atoms with Crippen LogP contribution < -0.4 is 0 Å². The number of aromatic nitrogens is 2. The molecule has 3 rings (SSSR count). The van der Waals surface area contributed by atoms with Crippen molar-refractivity contribution in [3.8, 4) is 11.5 Å². The molecule has 0 atom stereocenters. The predicted octanol–water partition coefficient (Wildman–Crippen LogP) is 3.74. The fourth-order valence-electron chi connectivity index (χ4n) is 2.48. The maximum absolute atomic E-state index is 12.2. The highest BCUT2D eigenvalue weighted by molar-refractivity contribution is 7.99. The molecule has 1 saturated heterocycles. The molecule has 1 aromatic heterocycles. The average molecular weight is 352 g/mol. The summed E-state index contributed by atoms with van der Waals surface area (Å²) >= 11 is 7.23. The summed E-state index contributed by atoms with van der Waals surface area (Å²) in [5.74, 6) is 1.58. The van der Waals surface area contributed by atoms with E-state index >= 15 is 0 Å². The number of likely N-dealkylation sites (tertiary alicyclic amines) is 1. The second-order valence-corrected chi connectivity index (χ2v) is 7.10. The van der Waals surface area contributed by atoms with Gasteiger partial charge in [-0.05, 0) is 37.0 Å². The van der Waals surface area contributed by atoms with Gasteiger partial charge in [-0.2, -0.15) is 0 Å². The van der Waals surface area contributed by atoms with Crippen LogP contribution in [-0.4, -0.2) is 39.8 Å². The van der Waals surface area contributed by atoms with E-state index in [1.807, 2.05) is 17.0 Å². The number of thioether (sulfide) groups is 1. The van der Waals surface area contributed by atoms with Crippen molar-refractivity contribution in [2.45, 2.75) is 25.0 Å². The van der Waals surface area contributed by atoms with Crippen molar-refractivity contribution in [1.82, 2.24) is 15.1 Å². The lowest BCUT2D eigenvalue weighted by molar-refractivity contribution is -0.129. The molecule has 7 heteroatoms. The van der Waals surface area contributed by atoms with E-state index in [1.54, 1.807) is 12.1 Å². The van der Waals surface area contributed by atoms with Crippen molar-refractivity contribution in [3.63, 3.8) is 0 Å². The van der Waals surface area contributed by atoms with Gasteiger partial charge < -0.3 is 9.32 Å². The standard InChI is InChI=1S/C16H18ClN3O2S/c1-11-5-7-20(8-6-11)14(21)10-23-16-19-18-15(22-16)12-3-2-4-13(17)9-12/h2-4,9,11H,5-8,10H2,1H3. The molecule has 122 valence electrons. The highest BCUT2D eigenvalue weighted by Crippen LogP contribution is 2.25. The van der Waals surface area contributed by atoms with Crippen LogP contribution in [0.15, 0.2) is 33.9 Å². The van der Waals surface area contributed by atoms with E-state index in [1.165, 1.54) is 11.8 Å². The Morgan fingerprint density at radius 1 is 1.39 bits per heavy atom. The van der Waals surface area contributed by atoms with Gasteiger partial charge >= 0.3 is 0 Å². The summed E-state index contributed by atoms with van der Waals surface area (Å²) in [6.45, 7) is 3.92. The first-order valence-corrected chi connectivity index (χ1v) is 8.98. The minimum absolute atomic E-state index is 0.129. The zero-order valence-corrected chi connectivity index (χ0v) is 14.4. The van der Waals surface area contributed by atoms with E-state index in [0.29, 0.717) is 27.8 Å². The topological polar surface area (TPSA) is 59.2 Å². The van der Waals surface area contributed by atoms with Crippen molar-refractivity contribution in [1.29, 1.82) is 0 Å². The van der Waals surface area contributed by atoms with Crippen LogP contribution in [0.4, 0.5) is 0 Å². The third-order valence-corrected chi connectivity index (χ3v) is 4.97. The molecule has 23 heavy (non-hydrogen) atoms. The van der Waals surface area contributed by atoms with Crippen LogP contribution in [0.25, 0.3) is 11.5 Å². The molecule has 1 amide bonds. The van der Waals surface area contributed by atoms with E-state index in [4.69, 9.17) is 16.0 Å². The van der Waals surface area contributed by atoms with Gasteiger partial charge in [-0.25, -0.2) is 0 Å². The summed E-state index contributed by atoms with van der Waals surface area (Å²) < 4.78 is 5.59. The van der Waals surface area contributed by atoms with Crippen molar-refractivity contribution >= 4 is 29.3 Å². The smallest absolute Gasteiger partial charge is 0.277 e. The molecule has 0 aliphatic carbocycles. The Balaban J connectivity index is 1.56. The maximum Gasteiger partial charge on any atom is 0.277 e. The third-order valence-electron chi connectivity index (χ3n) is 3.93. The molecule has 5 nitrogen and oxygen atoms in total. The Morgan fingerprint density at radius 2 is 2.17 bits per heavy atom. The molecule has 0 spiro atoms. The van der Waals surface area contributed by atoms with Crippen LogP contribution in [0.5, 0.6) is 0 Å². The summed E-state index contributed by atoms with van der Waals surface area (Å²) in [6, 6.07) is 7.24. The number of nitrogens with zero attached hydrogens (tertiary/aromatic N) is 3. The zero-order valence-electron chi connectivity index (χ0n) is 12.9. The van der Waals surface area contributed by atoms with Gasteiger partial charge in [0, 0.05) is 23.7 Å². The molecular weight excluding hydrogens is 334 g/mol. The van der Waals surface area contributed by atoms with Crippen LogP contribution in [0.3, 0.4) is 0 Å². The number of piperidine rings is 1. The number of benzene rings is 1. The highest BCUT2D eigenvalue weighted by Gasteiger charge is 2.21. The molecule has 0 radical (unpaired) electrons. The molecule has 1 aliphatic rings. The van der Waals surface area contributed by atoms with E-state index in [2.05, 4.69) is 17.1 Å². The lowest BCUT2D eigenvalue weighted by Gasteiger charge is -2.30. The maximum atomic E-state index is 12.2. The SMILES string of the molecule is CC1CCN(C(=O)CSc2nnc(-c3cccc(Cl)c3)o2)CC1. The molecule has 0 saturated carbocycles. The Labute approximate surface area is 144 Å². The highest BCUT2D eigenvalue weighted by atomic mass is 35.5. The number of carbonyl (C=O) groups excluding carboxylic acids is 1. The number of rotatable bonds is 4. The number of halogens is 1. The molecule has 0 bridgehead atoms. The summed E-state index contributed by atoms with van der Waals surface area (Å²) in [5.41, 5.74) is 0.771. The van der Waals surface area contributed by atoms with Crippen LogP contribution in [0.2, 0.25) is 5.02 Å². The minimum Gasteiger partial charge on any atom is -0.411 e. The number of carbonyl (C=O) groups is 1.